The largest absolute Gasteiger partial charge is 0.573 e. The van der Waals surface area contributed by atoms with E-state index in [4.69, 9.17) is 0 Å². The molecule has 0 spiro atoms. The summed E-state index contributed by atoms with van der Waals surface area (Å²) in [6.07, 6.45) is -3.28. The van der Waals surface area contributed by atoms with Crippen LogP contribution in [0.2, 0.25) is 0 Å². The van der Waals surface area contributed by atoms with Crippen molar-refractivity contribution in [2.45, 2.75) is 39.1 Å². The SMILES string of the molecule is CCc1ccc(CC(c2nnc(-c3cccc(OC(F)(F)F)c3)s2)N(C)C(C)=O)cc1. The maximum Gasteiger partial charge on any atom is 0.573 e. The van der Waals surface area contributed by atoms with Crippen LogP contribution in [-0.2, 0) is 17.6 Å². The molecule has 0 bridgehead atoms. The summed E-state index contributed by atoms with van der Waals surface area (Å²) in [5, 5.41) is 9.45. The molecule has 0 saturated carbocycles. The van der Waals surface area contributed by atoms with Gasteiger partial charge < -0.3 is 9.64 Å². The second-order valence-electron chi connectivity index (χ2n) is 7.04. The van der Waals surface area contributed by atoms with Crippen molar-refractivity contribution in [3.63, 3.8) is 0 Å². The number of likely N-dealkylation sites (N-methyl/N-ethyl adjacent to an activating group) is 1. The van der Waals surface area contributed by atoms with Gasteiger partial charge in [0.15, 0.2) is 0 Å². The second-order valence-corrected chi connectivity index (χ2v) is 8.05. The zero-order chi connectivity index (χ0) is 22.6. The normalized spacial score (nSPS) is 12.5. The minimum Gasteiger partial charge on any atom is -0.406 e. The minimum atomic E-state index is -4.77. The quantitative estimate of drug-likeness (QED) is 0.483. The lowest BCUT2D eigenvalue weighted by Gasteiger charge is -2.25. The summed E-state index contributed by atoms with van der Waals surface area (Å²) in [5.41, 5.74) is 2.73. The highest BCUT2D eigenvalue weighted by Crippen LogP contribution is 2.33. The Morgan fingerprint density at radius 1 is 1.13 bits per heavy atom. The van der Waals surface area contributed by atoms with E-state index in [9.17, 15) is 18.0 Å². The number of benzene rings is 2. The fraction of sp³-hybridized carbons (Fsp3) is 0.318. The number of hydrogen-bond donors (Lipinski definition) is 0. The number of hydrogen-bond acceptors (Lipinski definition) is 5. The van der Waals surface area contributed by atoms with E-state index in [0.29, 0.717) is 22.0 Å². The Labute approximate surface area is 182 Å². The van der Waals surface area contributed by atoms with Gasteiger partial charge in [-0.2, -0.15) is 0 Å². The van der Waals surface area contributed by atoms with Crippen molar-refractivity contribution in [3.05, 3.63) is 64.7 Å². The highest BCUT2D eigenvalue weighted by atomic mass is 32.1. The van der Waals surface area contributed by atoms with Crippen LogP contribution < -0.4 is 4.74 Å². The highest BCUT2D eigenvalue weighted by molar-refractivity contribution is 7.14. The average molecular weight is 449 g/mol. The average Bonchev–Trinajstić information content (AvgIpc) is 3.21. The van der Waals surface area contributed by atoms with Crippen molar-refractivity contribution in [2.75, 3.05) is 7.05 Å². The molecule has 0 radical (unpaired) electrons. The number of carbonyl (C=O) groups is 1. The first-order valence-electron chi connectivity index (χ1n) is 9.67. The van der Waals surface area contributed by atoms with Gasteiger partial charge in [0.25, 0.3) is 0 Å². The van der Waals surface area contributed by atoms with Gasteiger partial charge in [-0.15, -0.1) is 23.4 Å². The van der Waals surface area contributed by atoms with E-state index in [2.05, 4.69) is 34.0 Å². The smallest absolute Gasteiger partial charge is 0.406 e. The second kappa shape index (κ2) is 9.47. The molecule has 3 rings (SSSR count). The molecule has 1 amide bonds. The summed E-state index contributed by atoms with van der Waals surface area (Å²) in [7, 11) is 1.70. The fourth-order valence-corrected chi connectivity index (χ4v) is 4.04. The Hall–Kier alpha value is -2.94. The third-order valence-corrected chi connectivity index (χ3v) is 5.94. The predicted octanol–water partition coefficient (Wildman–Crippen LogP) is 5.43. The molecule has 0 aliphatic carbocycles. The van der Waals surface area contributed by atoms with Gasteiger partial charge in [0.05, 0.1) is 6.04 Å². The van der Waals surface area contributed by atoms with E-state index in [1.165, 1.54) is 42.0 Å². The molecule has 1 atom stereocenters. The van der Waals surface area contributed by atoms with Crippen LogP contribution in [0.25, 0.3) is 10.6 Å². The topological polar surface area (TPSA) is 55.3 Å². The van der Waals surface area contributed by atoms with Gasteiger partial charge in [0.1, 0.15) is 15.8 Å². The molecule has 1 unspecified atom stereocenters. The van der Waals surface area contributed by atoms with Crippen LogP contribution in [0.5, 0.6) is 5.75 Å². The number of nitrogens with zero attached hydrogens (tertiary/aromatic N) is 3. The van der Waals surface area contributed by atoms with Crippen molar-refractivity contribution in [1.29, 1.82) is 0 Å². The van der Waals surface area contributed by atoms with Crippen LogP contribution in [0, 0.1) is 0 Å². The van der Waals surface area contributed by atoms with E-state index < -0.39 is 6.36 Å². The van der Waals surface area contributed by atoms with Crippen LogP contribution in [0.15, 0.2) is 48.5 Å². The van der Waals surface area contributed by atoms with Gasteiger partial charge in [-0.05, 0) is 36.1 Å². The zero-order valence-electron chi connectivity index (χ0n) is 17.3. The molecule has 5 nitrogen and oxygen atoms in total. The first-order chi connectivity index (χ1) is 14.7. The summed E-state index contributed by atoms with van der Waals surface area (Å²) in [5.74, 6) is -0.442. The molecule has 0 aliphatic heterocycles. The highest BCUT2D eigenvalue weighted by Gasteiger charge is 2.31. The van der Waals surface area contributed by atoms with Crippen LogP contribution in [-0.4, -0.2) is 34.4 Å². The molecule has 1 aromatic heterocycles. The predicted molar refractivity (Wildman–Crippen MR) is 113 cm³/mol. The van der Waals surface area contributed by atoms with Gasteiger partial charge in [0.2, 0.25) is 5.91 Å². The van der Waals surface area contributed by atoms with Crippen LogP contribution >= 0.6 is 11.3 Å². The number of aryl methyl sites for hydroxylation is 1. The number of aromatic nitrogens is 2. The Morgan fingerprint density at radius 3 is 2.42 bits per heavy atom. The summed E-state index contributed by atoms with van der Waals surface area (Å²) in [6.45, 7) is 3.56. The van der Waals surface area contributed by atoms with Crippen molar-refractivity contribution in [2.24, 2.45) is 0 Å². The Kier molecular flexibility index (Phi) is 6.94. The van der Waals surface area contributed by atoms with Gasteiger partial charge in [-0.3, -0.25) is 4.79 Å². The lowest BCUT2D eigenvalue weighted by atomic mass is 10.0. The molecular weight excluding hydrogens is 427 g/mol. The van der Waals surface area contributed by atoms with Crippen LogP contribution in [0.4, 0.5) is 13.2 Å². The Bertz CT molecular complexity index is 1030. The van der Waals surface area contributed by atoms with Gasteiger partial charge in [-0.1, -0.05) is 54.7 Å². The lowest BCUT2D eigenvalue weighted by Crippen LogP contribution is -2.30. The molecule has 164 valence electrons. The maximum absolute atomic E-state index is 12.5. The van der Waals surface area contributed by atoms with Crippen molar-refractivity contribution in [1.82, 2.24) is 15.1 Å². The molecule has 31 heavy (non-hydrogen) atoms. The van der Waals surface area contributed by atoms with Crippen molar-refractivity contribution in [3.8, 4) is 16.3 Å². The summed E-state index contributed by atoms with van der Waals surface area (Å²) in [4.78, 5) is 13.7. The van der Waals surface area contributed by atoms with E-state index in [-0.39, 0.29) is 17.7 Å². The fourth-order valence-electron chi connectivity index (χ4n) is 3.06. The number of halogens is 3. The monoisotopic (exact) mass is 449 g/mol. The first kappa shape index (κ1) is 22.7. The molecule has 2 aromatic carbocycles. The maximum atomic E-state index is 12.5. The summed E-state index contributed by atoms with van der Waals surface area (Å²) >= 11 is 1.24. The van der Waals surface area contributed by atoms with Gasteiger partial charge >= 0.3 is 6.36 Å². The number of alkyl halides is 3. The van der Waals surface area contributed by atoms with Crippen molar-refractivity contribution < 1.29 is 22.7 Å². The van der Waals surface area contributed by atoms with Gasteiger partial charge in [-0.25, -0.2) is 0 Å². The van der Waals surface area contributed by atoms with E-state index in [0.717, 1.165) is 12.0 Å². The third kappa shape index (κ3) is 6.04. The molecule has 3 aromatic rings. The minimum absolute atomic E-state index is 0.118. The molecule has 0 aliphatic rings. The standard InChI is InChI=1S/C22H22F3N3O2S/c1-4-15-8-10-16(11-9-15)12-19(28(3)14(2)29)21-27-26-20(31-21)17-6-5-7-18(13-17)30-22(23,24)25/h5-11,13,19H,4,12H2,1-3H3. The van der Waals surface area contributed by atoms with Gasteiger partial charge in [0, 0.05) is 19.5 Å². The third-order valence-electron chi connectivity index (χ3n) is 4.86. The van der Waals surface area contributed by atoms with Crippen LogP contribution in [0.1, 0.15) is 36.0 Å². The number of rotatable bonds is 7. The van der Waals surface area contributed by atoms with Crippen molar-refractivity contribution >= 4 is 17.2 Å². The molecule has 0 N–H and O–H groups in total. The van der Waals surface area contributed by atoms with E-state index in [1.54, 1.807) is 18.0 Å². The number of amides is 1. The number of ether oxygens (including phenoxy) is 1. The van der Waals surface area contributed by atoms with E-state index in [1.807, 2.05) is 12.1 Å². The Balaban J connectivity index is 1.88. The first-order valence-corrected chi connectivity index (χ1v) is 10.5. The molecule has 9 heteroatoms. The number of carbonyl (C=O) groups excluding carboxylic acids is 1. The molecular formula is C22H22F3N3O2S. The lowest BCUT2D eigenvalue weighted by molar-refractivity contribution is -0.274. The summed E-state index contributed by atoms with van der Waals surface area (Å²) < 4.78 is 41.5. The van der Waals surface area contributed by atoms with Crippen LogP contribution in [0.3, 0.4) is 0 Å². The molecule has 1 heterocycles. The molecule has 0 saturated heterocycles. The summed E-state index contributed by atoms with van der Waals surface area (Å²) in [6, 6.07) is 13.4. The Morgan fingerprint density at radius 2 is 1.81 bits per heavy atom. The molecule has 0 fully saturated rings. The zero-order valence-corrected chi connectivity index (χ0v) is 18.1. The van der Waals surface area contributed by atoms with E-state index >= 15 is 0 Å².